The second-order valence-corrected chi connectivity index (χ2v) is 3.77. The molecule has 1 aromatic carbocycles. The Kier molecular flexibility index (Phi) is 4.53. The van der Waals surface area contributed by atoms with Crippen LogP contribution in [0.4, 0.5) is 10.5 Å². The SMILES string of the molecule is COC(=O)c1cc(N)ccc1OC(=O)OC(C)C. The van der Waals surface area contributed by atoms with E-state index in [-0.39, 0.29) is 17.4 Å². The van der Waals surface area contributed by atoms with E-state index in [9.17, 15) is 9.59 Å². The lowest BCUT2D eigenvalue weighted by Gasteiger charge is -2.11. The van der Waals surface area contributed by atoms with Crippen LogP contribution in [0.5, 0.6) is 5.75 Å². The van der Waals surface area contributed by atoms with E-state index in [0.29, 0.717) is 5.69 Å². The summed E-state index contributed by atoms with van der Waals surface area (Å²) in [6, 6.07) is 4.28. The van der Waals surface area contributed by atoms with Gasteiger partial charge in [-0.05, 0) is 32.0 Å². The van der Waals surface area contributed by atoms with Crippen LogP contribution in [-0.4, -0.2) is 25.3 Å². The molecule has 2 N–H and O–H groups in total. The summed E-state index contributed by atoms with van der Waals surface area (Å²) in [5.41, 5.74) is 5.98. The van der Waals surface area contributed by atoms with Crippen LogP contribution in [0, 0.1) is 0 Å². The van der Waals surface area contributed by atoms with Crippen LogP contribution in [0.25, 0.3) is 0 Å². The van der Waals surface area contributed by atoms with E-state index in [1.165, 1.54) is 25.3 Å². The molecule has 0 aliphatic rings. The molecule has 6 nitrogen and oxygen atoms in total. The van der Waals surface area contributed by atoms with Crippen LogP contribution in [0.3, 0.4) is 0 Å². The first-order valence-corrected chi connectivity index (χ1v) is 5.30. The topological polar surface area (TPSA) is 87.9 Å². The van der Waals surface area contributed by atoms with Crippen molar-refractivity contribution in [1.82, 2.24) is 0 Å². The maximum Gasteiger partial charge on any atom is 0.514 e. The molecule has 0 heterocycles. The summed E-state index contributed by atoms with van der Waals surface area (Å²) < 4.78 is 14.3. The quantitative estimate of drug-likeness (QED) is 0.503. The molecule has 1 rings (SSSR count). The maximum absolute atomic E-state index is 11.5. The number of methoxy groups -OCH3 is 1. The van der Waals surface area contributed by atoms with Gasteiger partial charge in [0.25, 0.3) is 0 Å². The van der Waals surface area contributed by atoms with Gasteiger partial charge in [-0.15, -0.1) is 0 Å². The van der Waals surface area contributed by atoms with Crippen LogP contribution in [0.1, 0.15) is 24.2 Å². The van der Waals surface area contributed by atoms with Gasteiger partial charge in [0.2, 0.25) is 0 Å². The zero-order valence-electron chi connectivity index (χ0n) is 10.4. The lowest BCUT2D eigenvalue weighted by Crippen LogP contribution is -2.17. The molecule has 0 atom stereocenters. The van der Waals surface area contributed by atoms with Crippen LogP contribution >= 0.6 is 0 Å². The first-order valence-electron chi connectivity index (χ1n) is 5.30. The van der Waals surface area contributed by atoms with Gasteiger partial charge in [0.15, 0.2) is 0 Å². The molecule has 18 heavy (non-hydrogen) atoms. The van der Waals surface area contributed by atoms with Crippen LogP contribution in [-0.2, 0) is 9.47 Å². The number of benzene rings is 1. The molecule has 0 fully saturated rings. The summed E-state index contributed by atoms with van der Waals surface area (Å²) in [6.45, 7) is 3.37. The van der Waals surface area contributed by atoms with Gasteiger partial charge in [-0.2, -0.15) is 0 Å². The van der Waals surface area contributed by atoms with Gasteiger partial charge in [-0.25, -0.2) is 9.59 Å². The molecular weight excluding hydrogens is 238 g/mol. The van der Waals surface area contributed by atoms with Gasteiger partial charge in [0, 0.05) is 5.69 Å². The zero-order valence-corrected chi connectivity index (χ0v) is 10.4. The number of nitrogen functional groups attached to an aromatic ring is 1. The monoisotopic (exact) mass is 253 g/mol. The van der Waals surface area contributed by atoms with Crippen molar-refractivity contribution < 1.29 is 23.8 Å². The molecule has 0 amide bonds. The average molecular weight is 253 g/mol. The number of hydrogen-bond donors (Lipinski definition) is 1. The van der Waals surface area contributed by atoms with Crippen molar-refractivity contribution in [3.63, 3.8) is 0 Å². The van der Waals surface area contributed by atoms with E-state index >= 15 is 0 Å². The van der Waals surface area contributed by atoms with Crippen molar-refractivity contribution in [2.24, 2.45) is 0 Å². The fourth-order valence-electron chi connectivity index (χ4n) is 1.21. The van der Waals surface area contributed by atoms with Crippen LogP contribution in [0.2, 0.25) is 0 Å². The number of rotatable bonds is 3. The standard InChI is InChI=1S/C12H15NO5/c1-7(2)17-12(15)18-10-5-4-8(13)6-9(10)11(14)16-3/h4-7H,13H2,1-3H3. The van der Waals surface area contributed by atoms with Gasteiger partial charge in [-0.3, -0.25) is 0 Å². The Morgan fingerprint density at radius 3 is 2.50 bits per heavy atom. The van der Waals surface area contributed by atoms with E-state index in [0.717, 1.165) is 0 Å². The number of ether oxygens (including phenoxy) is 3. The summed E-state index contributed by atoms with van der Waals surface area (Å²) in [4.78, 5) is 22.8. The predicted molar refractivity (Wildman–Crippen MR) is 64.4 cm³/mol. The fraction of sp³-hybridized carbons (Fsp3) is 0.333. The molecule has 1 aromatic rings. The Hall–Kier alpha value is -2.24. The highest BCUT2D eigenvalue weighted by Gasteiger charge is 2.17. The molecule has 0 spiro atoms. The third-order valence-corrected chi connectivity index (χ3v) is 1.93. The molecule has 0 unspecified atom stereocenters. The minimum atomic E-state index is -0.889. The van der Waals surface area contributed by atoms with Gasteiger partial charge in [-0.1, -0.05) is 0 Å². The molecule has 6 heteroatoms. The molecule has 0 saturated heterocycles. The Morgan fingerprint density at radius 1 is 1.28 bits per heavy atom. The van der Waals surface area contributed by atoms with Gasteiger partial charge < -0.3 is 19.9 Å². The van der Waals surface area contributed by atoms with E-state index in [2.05, 4.69) is 4.74 Å². The minimum absolute atomic E-state index is 0.0432. The highest BCUT2D eigenvalue weighted by Crippen LogP contribution is 2.22. The normalized spacial score (nSPS) is 10.0. The van der Waals surface area contributed by atoms with E-state index in [4.69, 9.17) is 15.2 Å². The largest absolute Gasteiger partial charge is 0.514 e. The van der Waals surface area contributed by atoms with Crippen molar-refractivity contribution in [2.75, 3.05) is 12.8 Å². The number of hydrogen-bond acceptors (Lipinski definition) is 6. The van der Waals surface area contributed by atoms with Gasteiger partial charge in [0.1, 0.15) is 11.3 Å². The van der Waals surface area contributed by atoms with Crippen molar-refractivity contribution in [3.8, 4) is 5.75 Å². The maximum atomic E-state index is 11.5. The van der Waals surface area contributed by atoms with E-state index in [1.54, 1.807) is 13.8 Å². The summed E-state index contributed by atoms with van der Waals surface area (Å²) in [5, 5.41) is 0. The number of anilines is 1. The Bertz CT molecular complexity index is 456. The fourth-order valence-corrected chi connectivity index (χ4v) is 1.21. The minimum Gasteiger partial charge on any atom is -0.465 e. The highest BCUT2D eigenvalue weighted by molar-refractivity contribution is 5.94. The van der Waals surface area contributed by atoms with E-state index < -0.39 is 12.1 Å². The lowest BCUT2D eigenvalue weighted by molar-refractivity contribution is 0.0587. The first-order chi connectivity index (χ1) is 8.43. The van der Waals surface area contributed by atoms with E-state index in [1.807, 2.05) is 0 Å². The van der Waals surface area contributed by atoms with Crippen LogP contribution < -0.4 is 10.5 Å². The first kappa shape index (κ1) is 13.8. The lowest BCUT2D eigenvalue weighted by atomic mass is 10.2. The summed E-state index contributed by atoms with van der Waals surface area (Å²) >= 11 is 0. The number of nitrogens with two attached hydrogens (primary N) is 1. The number of carbonyl (C=O) groups excluding carboxylic acids is 2. The second kappa shape index (κ2) is 5.90. The van der Waals surface area contributed by atoms with Crippen molar-refractivity contribution in [2.45, 2.75) is 20.0 Å². The molecule has 0 aromatic heterocycles. The molecule has 98 valence electrons. The van der Waals surface area contributed by atoms with Crippen molar-refractivity contribution >= 4 is 17.8 Å². The molecule has 0 aliphatic heterocycles. The van der Waals surface area contributed by atoms with Crippen LogP contribution in [0.15, 0.2) is 18.2 Å². The summed E-state index contributed by atoms with van der Waals surface area (Å²) in [6.07, 6.45) is -1.20. The zero-order chi connectivity index (χ0) is 13.7. The van der Waals surface area contributed by atoms with Crippen molar-refractivity contribution in [3.05, 3.63) is 23.8 Å². The Morgan fingerprint density at radius 2 is 1.94 bits per heavy atom. The smallest absolute Gasteiger partial charge is 0.465 e. The number of carbonyl (C=O) groups is 2. The molecule has 0 radical (unpaired) electrons. The second-order valence-electron chi connectivity index (χ2n) is 3.77. The Labute approximate surface area is 105 Å². The number of esters is 1. The van der Waals surface area contributed by atoms with Gasteiger partial charge >= 0.3 is 12.1 Å². The highest BCUT2D eigenvalue weighted by atomic mass is 16.7. The third-order valence-electron chi connectivity index (χ3n) is 1.93. The molecule has 0 bridgehead atoms. The van der Waals surface area contributed by atoms with Gasteiger partial charge in [0.05, 0.1) is 13.2 Å². The Balaban J connectivity index is 2.94. The molecule has 0 saturated carbocycles. The predicted octanol–water partition coefficient (Wildman–Crippen LogP) is 1.98. The van der Waals surface area contributed by atoms with Crippen molar-refractivity contribution in [1.29, 1.82) is 0 Å². The summed E-state index contributed by atoms with van der Waals surface area (Å²) in [7, 11) is 1.22. The third kappa shape index (κ3) is 3.65. The molecular formula is C12H15NO5. The summed E-state index contributed by atoms with van der Waals surface area (Å²) in [5.74, 6) is -0.601. The average Bonchev–Trinajstić information content (AvgIpc) is 2.29. The molecule has 0 aliphatic carbocycles.